The molecule has 1 N–H and O–H groups in total. The Morgan fingerprint density at radius 3 is 2.61 bits per heavy atom. The summed E-state index contributed by atoms with van der Waals surface area (Å²) in [7, 11) is 1.60. The zero-order valence-corrected chi connectivity index (χ0v) is 15.8. The monoisotopic (exact) mass is 385 g/mol. The van der Waals surface area contributed by atoms with Crippen molar-refractivity contribution in [3.8, 4) is 5.75 Å². The first kappa shape index (κ1) is 16.6. The first-order valence-corrected chi connectivity index (χ1v) is 9.57. The number of ether oxygens (including phenoxy) is 1. The molecule has 28 heavy (non-hydrogen) atoms. The van der Waals surface area contributed by atoms with Gasteiger partial charge in [-0.1, -0.05) is 18.2 Å². The predicted molar refractivity (Wildman–Crippen MR) is 113 cm³/mol. The maximum Gasteiger partial charge on any atom is 0.255 e. The Balaban J connectivity index is 1.57. The van der Waals surface area contributed by atoms with E-state index in [1.54, 1.807) is 24.5 Å². The highest BCUT2D eigenvalue weighted by molar-refractivity contribution is 7.25. The van der Waals surface area contributed by atoms with E-state index in [9.17, 15) is 4.79 Å². The standard InChI is InChI=1S/C22H15N3O2S/c1-27-15-6-4-5-14(12-15)23-21(26)13-9-10-19-16(11-13)20-22(28-19)25-18-8-3-2-7-17(18)24-20/h2-12H,1H3,(H,23,26). The van der Waals surface area contributed by atoms with Crippen LogP contribution in [0.1, 0.15) is 10.4 Å². The van der Waals surface area contributed by atoms with Gasteiger partial charge in [-0.15, -0.1) is 11.3 Å². The third-order valence-electron chi connectivity index (χ3n) is 4.57. The minimum absolute atomic E-state index is 0.178. The molecular weight excluding hydrogens is 370 g/mol. The molecule has 6 heteroatoms. The molecule has 1 amide bonds. The molecule has 0 spiro atoms. The molecule has 5 aromatic rings. The quantitative estimate of drug-likeness (QED) is 0.460. The van der Waals surface area contributed by atoms with Gasteiger partial charge in [0.15, 0.2) is 0 Å². The number of amides is 1. The number of para-hydroxylation sites is 2. The summed E-state index contributed by atoms with van der Waals surface area (Å²) in [6.45, 7) is 0. The van der Waals surface area contributed by atoms with Crippen molar-refractivity contribution in [3.63, 3.8) is 0 Å². The molecule has 0 aliphatic heterocycles. The molecule has 136 valence electrons. The van der Waals surface area contributed by atoms with Crippen LogP contribution in [0.4, 0.5) is 5.69 Å². The summed E-state index contributed by atoms with van der Waals surface area (Å²) in [5.41, 5.74) is 3.81. The van der Waals surface area contributed by atoms with Crippen molar-refractivity contribution in [1.29, 1.82) is 0 Å². The van der Waals surface area contributed by atoms with Crippen LogP contribution < -0.4 is 10.1 Å². The van der Waals surface area contributed by atoms with Crippen molar-refractivity contribution in [2.24, 2.45) is 0 Å². The highest BCUT2D eigenvalue weighted by atomic mass is 32.1. The molecule has 3 aromatic carbocycles. The second-order valence-corrected chi connectivity index (χ2v) is 7.40. The molecule has 0 aliphatic carbocycles. The Kier molecular flexibility index (Phi) is 3.91. The smallest absolute Gasteiger partial charge is 0.255 e. The molecule has 5 nitrogen and oxygen atoms in total. The van der Waals surface area contributed by atoms with Crippen LogP contribution in [-0.4, -0.2) is 23.0 Å². The number of nitrogens with one attached hydrogen (secondary N) is 1. The van der Waals surface area contributed by atoms with Gasteiger partial charge >= 0.3 is 0 Å². The summed E-state index contributed by atoms with van der Waals surface area (Å²) in [5, 5.41) is 3.86. The normalized spacial score (nSPS) is 11.2. The number of nitrogens with zero attached hydrogens (tertiary/aromatic N) is 2. The van der Waals surface area contributed by atoms with Gasteiger partial charge in [-0.25, -0.2) is 9.97 Å². The van der Waals surface area contributed by atoms with Crippen molar-refractivity contribution >= 4 is 54.4 Å². The number of carbonyl (C=O) groups excluding carboxylic acids is 1. The summed E-state index contributed by atoms with van der Waals surface area (Å²) in [4.78, 5) is 23.1. The second-order valence-electron chi connectivity index (χ2n) is 6.37. The van der Waals surface area contributed by atoms with Crippen LogP contribution in [0.5, 0.6) is 5.75 Å². The van der Waals surface area contributed by atoms with Gasteiger partial charge in [-0.2, -0.15) is 0 Å². The van der Waals surface area contributed by atoms with E-state index >= 15 is 0 Å². The predicted octanol–water partition coefficient (Wildman–Crippen LogP) is 5.26. The molecule has 0 atom stereocenters. The Labute approximate surface area is 164 Å². The van der Waals surface area contributed by atoms with Gasteiger partial charge in [-0.3, -0.25) is 4.79 Å². The highest BCUT2D eigenvalue weighted by Crippen LogP contribution is 2.33. The number of carbonyl (C=O) groups is 1. The molecule has 2 aromatic heterocycles. The Morgan fingerprint density at radius 2 is 1.79 bits per heavy atom. The number of benzene rings is 3. The third kappa shape index (κ3) is 2.84. The van der Waals surface area contributed by atoms with Crippen LogP contribution in [0.3, 0.4) is 0 Å². The van der Waals surface area contributed by atoms with Crippen molar-refractivity contribution in [1.82, 2.24) is 9.97 Å². The SMILES string of the molecule is COc1cccc(NC(=O)c2ccc3sc4nc5ccccc5nc4c3c2)c1. The average molecular weight is 385 g/mol. The number of anilines is 1. The first-order chi connectivity index (χ1) is 13.7. The lowest BCUT2D eigenvalue weighted by Gasteiger charge is -2.07. The van der Waals surface area contributed by atoms with Crippen molar-refractivity contribution in [2.75, 3.05) is 12.4 Å². The van der Waals surface area contributed by atoms with E-state index in [0.717, 1.165) is 31.5 Å². The van der Waals surface area contributed by atoms with Crippen LogP contribution >= 0.6 is 11.3 Å². The van der Waals surface area contributed by atoms with Gasteiger partial charge in [0, 0.05) is 27.4 Å². The molecule has 0 radical (unpaired) electrons. The van der Waals surface area contributed by atoms with Gasteiger partial charge in [0.2, 0.25) is 0 Å². The maximum absolute atomic E-state index is 12.7. The topological polar surface area (TPSA) is 64.1 Å². The minimum Gasteiger partial charge on any atom is -0.497 e. The van der Waals surface area contributed by atoms with E-state index in [2.05, 4.69) is 5.32 Å². The molecule has 0 saturated carbocycles. The number of hydrogen-bond donors (Lipinski definition) is 1. The fourth-order valence-electron chi connectivity index (χ4n) is 3.18. The zero-order chi connectivity index (χ0) is 19.1. The lowest BCUT2D eigenvalue weighted by molar-refractivity contribution is 0.102. The van der Waals surface area contributed by atoms with Crippen LogP contribution in [-0.2, 0) is 0 Å². The van der Waals surface area contributed by atoms with Crippen LogP contribution in [0.2, 0.25) is 0 Å². The molecule has 2 heterocycles. The van der Waals surface area contributed by atoms with Gasteiger partial charge in [0.05, 0.1) is 18.1 Å². The zero-order valence-electron chi connectivity index (χ0n) is 15.0. The molecule has 0 aliphatic rings. The van der Waals surface area contributed by atoms with Crippen molar-refractivity contribution < 1.29 is 9.53 Å². The van der Waals surface area contributed by atoms with Gasteiger partial charge in [0.25, 0.3) is 5.91 Å². The van der Waals surface area contributed by atoms with E-state index < -0.39 is 0 Å². The maximum atomic E-state index is 12.7. The number of rotatable bonds is 3. The first-order valence-electron chi connectivity index (χ1n) is 8.76. The summed E-state index contributed by atoms with van der Waals surface area (Å²) in [6.07, 6.45) is 0. The Hall–Kier alpha value is -3.51. The second kappa shape index (κ2) is 6.58. The van der Waals surface area contributed by atoms with Crippen molar-refractivity contribution in [3.05, 3.63) is 72.3 Å². The third-order valence-corrected chi connectivity index (χ3v) is 5.62. The minimum atomic E-state index is -0.178. The number of hydrogen-bond acceptors (Lipinski definition) is 5. The van der Waals surface area contributed by atoms with E-state index in [-0.39, 0.29) is 5.91 Å². The fourth-order valence-corrected chi connectivity index (χ4v) is 4.19. The number of fused-ring (bicyclic) bond motifs is 4. The largest absolute Gasteiger partial charge is 0.497 e. The summed E-state index contributed by atoms with van der Waals surface area (Å²) in [5.74, 6) is 0.516. The van der Waals surface area contributed by atoms with E-state index in [4.69, 9.17) is 14.7 Å². The van der Waals surface area contributed by atoms with Gasteiger partial charge in [-0.05, 0) is 42.5 Å². The molecule has 0 unspecified atom stereocenters. The van der Waals surface area contributed by atoms with Crippen LogP contribution in [0.15, 0.2) is 66.7 Å². The number of methoxy groups -OCH3 is 1. The molecule has 0 fully saturated rings. The molecule has 0 saturated heterocycles. The number of aromatic nitrogens is 2. The lowest BCUT2D eigenvalue weighted by atomic mass is 10.1. The molecule has 0 bridgehead atoms. The number of thiophene rings is 1. The Bertz CT molecular complexity index is 1360. The average Bonchev–Trinajstić information content (AvgIpc) is 3.08. The summed E-state index contributed by atoms with van der Waals surface area (Å²) < 4.78 is 6.27. The van der Waals surface area contributed by atoms with Crippen molar-refractivity contribution in [2.45, 2.75) is 0 Å². The van der Waals surface area contributed by atoms with Gasteiger partial charge in [0.1, 0.15) is 16.1 Å². The Morgan fingerprint density at radius 1 is 0.964 bits per heavy atom. The van der Waals surface area contributed by atoms with E-state index in [1.807, 2.05) is 60.7 Å². The fraction of sp³-hybridized carbons (Fsp3) is 0.0455. The highest BCUT2D eigenvalue weighted by Gasteiger charge is 2.13. The molecular formula is C22H15N3O2S. The van der Waals surface area contributed by atoms with E-state index in [0.29, 0.717) is 17.0 Å². The lowest BCUT2D eigenvalue weighted by Crippen LogP contribution is -2.11. The van der Waals surface area contributed by atoms with Crippen LogP contribution in [0.25, 0.3) is 31.5 Å². The van der Waals surface area contributed by atoms with Gasteiger partial charge < -0.3 is 10.1 Å². The summed E-state index contributed by atoms with van der Waals surface area (Å²) >= 11 is 1.58. The van der Waals surface area contributed by atoms with Crippen LogP contribution in [0, 0.1) is 0 Å². The summed E-state index contributed by atoms with van der Waals surface area (Å²) in [6, 6.07) is 20.8. The van der Waals surface area contributed by atoms with E-state index in [1.165, 1.54) is 0 Å². The molecule has 5 rings (SSSR count).